The zero-order valence-electron chi connectivity index (χ0n) is 14.2. The number of fused-ring (bicyclic) bond motifs is 1. The number of likely N-dealkylation sites (tertiary alicyclic amines) is 1. The fourth-order valence-corrected chi connectivity index (χ4v) is 3.95. The van der Waals surface area contributed by atoms with Crippen LogP contribution in [0.2, 0.25) is 0 Å². The minimum atomic E-state index is -0.831. The Kier molecular flexibility index (Phi) is 4.39. The molecular weight excluding hydrogens is 331 g/mol. The summed E-state index contributed by atoms with van der Waals surface area (Å²) < 4.78 is 14.0. The number of aromatic nitrogens is 1. The first kappa shape index (κ1) is 16.7. The van der Waals surface area contributed by atoms with Crippen molar-refractivity contribution in [3.05, 3.63) is 77.7 Å². The van der Waals surface area contributed by atoms with Crippen molar-refractivity contribution in [2.24, 2.45) is 0 Å². The van der Waals surface area contributed by atoms with Crippen molar-refractivity contribution in [3.8, 4) is 0 Å². The lowest BCUT2D eigenvalue weighted by molar-refractivity contribution is -0.142. The maximum atomic E-state index is 14.0. The van der Waals surface area contributed by atoms with Crippen LogP contribution in [0.1, 0.15) is 30.0 Å². The van der Waals surface area contributed by atoms with Crippen LogP contribution in [-0.4, -0.2) is 33.5 Å². The molecule has 1 fully saturated rings. The van der Waals surface area contributed by atoms with Crippen molar-refractivity contribution in [1.29, 1.82) is 0 Å². The van der Waals surface area contributed by atoms with E-state index in [0.29, 0.717) is 13.0 Å². The van der Waals surface area contributed by atoms with E-state index in [4.69, 9.17) is 0 Å². The van der Waals surface area contributed by atoms with Crippen molar-refractivity contribution >= 4 is 16.9 Å². The third-order valence-electron chi connectivity index (χ3n) is 5.05. The van der Waals surface area contributed by atoms with Crippen LogP contribution in [0.5, 0.6) is 0 Å². The Balaban J connectivity index is 1.92. The highest BCUT2D eigenvalue weighted by Gasteiger charge is 2.37. The molecule has 0 saturated carbocycles. The van der Waals surface area contributed by atoms with Gasteiger partial charge in [0.1, 0.15) is 11.9 Å². The molecule has 4 rings (SSSR count). The van der Waals surface area contributed by atoms with Gasteiger partial charge in [-0.15, -0.1) is 0 Å². The number of carboxylic acid groups (broad SMARTS) is 1. The van der Waals surface area contributed by atoms with Gasteiger partial charge in [0.2, 0.25) is 0 Å². The van der Waals surface area contributed by atoms with Crippen LogP contribution in [0.4, 0.5) is 4.39 Å². The van der Waals surface area contributed by atoms with Crippen LogP contribution in [0.15, 0.2) is 60.8 Å². The molecule has 4 nitrogen and oxygen atoms in total. The Morgan fingerprint density at radius 2 is 2.04 bits per heavy atom. The molecule has 1 aliphatic rings. The van der Waals surface area contributed by atoms with Crippen molar-refractivity contribution in [2.45, 2.75) is 24.9 Å². The molecule has 5 heteroatoms. The van der Waals surface area contributed by atoms with E-state index in [1.165, 1.54) is 12.1 Å². The van der Waals surface area contributed by atoms with Crippen molar-refractivity contribution in [3.63, 3.8) is 0 Å². The molecule has 2 unspecified atom stereocenters. The lowest BCUT2D eigenvalue weighted by Gasteiger charge is -2.32. The summed E-state index contributed by atoms with van der Waals surface area (Å²) in [5.74, 6) is -1.15. The number of aliphatic carboxylic acids is 1. The second-order valence-corrected chi connectivity index (χ2v) is 6.61. The summed E-state index contributed by atoms with van der Waals surface area (Å²) in [6.07, 6.45) is 3.14. The molecular formula is C21H19FN2O2. The van der Waals surface area contributed by atoms with Gasteiger partial charge in [0.05, 0.1) is 11.6 Å². The van der Waals surface area contributed by atoms with Gasteiger partial charge in [-0.3, -0.25) is 14.7 Å². The molecule has 1 N–H and O–H groups in total. The second-order valence-electron chi connectivity index (χ2n) is 6.61. The van der Waals surface area contributed by atoms with E-state index in [2.05, 4.69) is 4.98 Å². The molecule has 0 radical (unpaired) electrons. The highest BCUT2D eigenvalue weighted by atomic mass is 19.1. The molecule has 0 bridgehead atoms. The molecule has 1 aliphatic heterocycles. The van der Waals surface area contributed by atoms with Gasteiger partial charge in [-0.05, 0) is 48.2 Å². The van der Waals surface area contributed by atoms with Gasteiger partial charge in [0, 0.05) is 18.1 Å². The van der Waals surface area contributed by atoms with E-state index in [1.54, 1.807) is 12.3 Å². The van der Waals surface area contributed by atoms with Gasteiger partial charge >= 0.3 is 5.97 Å². The smallest absolute Gasteiger partial charge is 0.320 e. The SMILES string of the molecule is O=C(O)C1CCCN1C(c1cccc(F)c1)c1ccnc2ccccc12. The number of para-hydroxylation sites is 1. The Morgan fingerprint density at radius 3 is 2.85 bits per heavy atom. The van der Waals surface area contributed by atoms with E-state index in [0.717, 1.165) is 28.5 Å². The standard InChI is InChI=1S/C21H19FN2O2/c22-15-6-3-5-14(13-15)20(24-12-4-9-19(24)21(25)26)17-10-11-23-18-8-2-1-7-16(17)18/h1-3,5-8,10-11,13,19-20H,4,9,12H2,(H,25,26). The normalized spacial score (nSPS) is 18.9. The number of carboxylic acids is 1. The Morgan fingerprint density at radius 1 is 1.19 bits per heavy atom. The lowest BCUT2D eigenvalue weighted by atomic mass is 9.93. The van der Waals surface area contributed by atoms with Crippen LogP contribution in [0.3, 0.4) is 0 Å². The molecule has 3 aromatic rings. The van der Waals surface area contributed by atoms with E-state index in [1.807, 2.05) is 41.3 Å². The second kappa shape index (κ2) is 6.84. The lowest BCUT2D eigenvalue weighted by Crippen LogP contribution is -2.39. The van der Waals surface area contributed by atoms with Gasteiger partial charge in [-0.25, -0.2) is 4.39 Å². The first-order valence-corrected chi connectivity index (χ1v) is 8.73. The third-order valence-corrected chi connectivity index (χ3v) is 5.05. The number of hydrogen-bond donors (Lipinski definition) is 1. The number of rotatable bonds is 4. The molecule has 26 heavy (non-hydrogen) atoms. The average molecular weight is 350 g/mol. The highest BCUT2D eigenvalue weighted by Crippen LogP contribution is 2.37. The molecule has 132 valence electrons. The van der Waals surface area contributed by atoms with Gasteiger partial charge in [-0.1, -0.05) is 30.3 Å². The molecule has 0 aliphatic carbocycles. The van der Waals surface area contributed by atoms with E-state index in [-0.39, 0.29) is 11.9 Å². The summed E-state index contributed by atoms with van der Waals surface area (Å²) in [6, 6.07) is 15.2. The number of halogens is 1. The molecule has 2 atom stereocenters. The predicted molar refractivity (Wildman–Crippen MR) is 97.3 cm³/mol. The number of hydrogen-bond acceptors (Lipinski definition) is 3. The highest BCUT2D eigenvalue weighted by molar-refractivity contribution is 5.83. The van der Waals surface area contributed by atoms with Crippen LogP contribution in [-0.2, 0) is 4.79 Å². The molecule has 2 heterocycles. The van der Waals surface area contributed by atoms with E-state index < -0.39 is 12.0 Å². The van der Waals surface area contributed by atoms with Gasteiger partial charge in [0.25, 0.3) is 0 Å². The van der Waals surface area contributed by atoms with E-state index in [9.17, 15) is 14.3 Å². The van der Waals surface area contributed by atoms with Crippen molar-refractivity contribution in [1.82, 2.24) is 9.88 Å². The average Bonchev–Trinajstić information content (AvgIpc) is 3.12. The zero-order valence-corrected chi connectivity index (χ0v) is 14.2. The number of benzene rings is 2. The van der Waals surface area contributed by atoms with Gasteiger partial charge < -0.3 is 5.11 Å². The topological polar surface area (TPSA) is 53.4 Å². The quantitative estimate of drug-likeness (QED) is 0.772. The summed E-state index contributed by atoms with van der Waals surface area (Å²) >= 11 is 0. The summed E-state index contributed by atoms with van der Waals surface area (Å²) in [5.41, 5.74) is 2.56. The Hall–Kier alpha value is -2.79. The largest absolute Gasteiger partial charge is 0.480 e. The van der Waals surface area contributed by atoms with Crippen molar-refractivity contribution in [2.75, 3.05) is 6.54 Å². The number of carbonyl (C=O) groups is 1. The van der Waals surface area contributed by atoms with Gasteiger partial charge in [0.15, 0.2) is 0 Å². The molecule has 0 spiro atoms. The third kappa shape index (κ3) is 2.95. The minimum Gasteiger partial charge on any atom is -0.480 e. The zero-order chi connectivity index (χ0) is 18.1. The van der Waals surface area contributed by atoms with Crippen LogP contribution >= 0.6 is 0 Å². The van der Waals surface area contributed by atoms with Gasteiger partial charge in [-0.2, -0.15) is 0 Å². The first-order chi connectivity index (χ1) is 12.6. The predicted octanol–water partition coefficient (Wildman–Crippen LogP) is 4.01. The van der Waals surface area contributed by atoms with Crippen molar-refractivity contribution < 1.29 is 14.3 Å². The maximum Gasteiger partial charge on any atom is 0.320 e. The first-order valence-electron chi connectivity index (χ1n) is 8.73. The monoisotopic (exact) mass is 350 g/mol. The van der Waals surface area contributed by atoms with E-state index >= 15 is 0 Å². The minimum absolute atomic E-state index is 0.322. The fourth-order valence-electron chi connectivity index (χ4n) is 3.95. The van der Waals surface area contributed by atoms with Crippen LogP contribution < -0.4 is 0 Å². The Labute approximate surface area is 150 Å². The number of pyridine rings is 1. The molecule has 1 saturated heterocycles. The fraction of sp³-hybridized carbons (Fsp3) is 0.238. The van der Waals surface area contributed by atoms with Crippen LogP contribution in [0, 0.1) is 5.82 Å². The molecule has 1 aromatic heterocycles. The summed E-state index contributed by atoms with van der Waals surface area (Å²) in [5, 5.41) is 10.6. The summed E-state index contributed by atoms with van der Waals surface area (Å²) in [4.78, 5) is 18.2. The Bertz CT molecular complexity index is 954. The maximum absolute atomic E-state index is 14.0. The summed E-state index contributed by atoms with van der Waals surface area (Å²) in [7, 11) is 0. The molecule has 0 amide bonds. The summed E-state index contributed by atoms with van der Waals surface area (Å²) in [6.45, 7) is 0.662. The number of nitrogens with zero attached hydrogens (tertiary/aromatic N) is 2. The molecule has 2 aromatic carbocycles. The van der Waals surface area contributed by atoms with Crippen LogP contribution in [0.25, 0.3) is 10.9 Å².